The fourth-order valence-corrected chi connectivity index (χ4v) is 2.68. The van der Waals surface area contributed by atoms with Gasteiger partial charge in [0.1, 0.15) is 5.82 Å². The molecule has 0 bridgehead atoms. The lowest BCUT2D eigenvalue weighted by molar-refractivity contribution is 0.315. The highest BCUT2D eigenvalue weighted by molar-refractivity contribution is 5.56. The van der Waals surface area contributed by atoms with E-state index in [1.165, 1.54) is 0 Å². The maximum Gasteiger partial charge on any atom is 0.147 e. The van der Waals surface area contributed by atoms with Crippen molar-refractivity contribution in [1.82, 2.24) is 4.90 Å². The Balaban J connectivity index is 2.25. The van der Waals surface area contributed by atoms with Crippen LogP contribution in [0.25, 0.3) is 0 Å². The van der Waals surface area contributed by atoms with E-state index in [-0.39, 0.29) is 5.82 Å². The molecule has 1 fully saturated rings. The van der Waals surface area contributed by atoms with Gasteiger partial charge in [-0.3, -0.25) is 0 Å². The second-order valence-electron chi connectivity index (χ2n) is 5.26. The molecule has 1 aliphatic heterocycles. The van der Waals surface area contributed by atoms with Crippen LogP contribution in [0.3, 0.4) is 0 Å². The van der Waals surface area contributed by atoms with Gasteiger partial charge in [0.05, 0.1) is 5.69 Å². The zero-order valence-corrected chi connectivity index (χ0v) is 11.1. The fraction of sp³-hybridized carbons (Fsp3) is 0.571. The van der Waals surface area contributed by atoms with Crippen LogP contribution in [0.2, 0.25) is 0 Å². The average Bonchev–Trinajstić information content (AvgIpc) is 2.65. The molecule has 0 amide bonds. The first-order valence-corrected chi connectivity index (χ1v) is 6.17. The van der Waals surface area contributed by atoms with Gasteiger partial charge >= 0.3 is 0 Å². The summed E-state index contributed by atoms with van der Waals surface area (Å²) in [5.74, 6) is -0.0816. The van der Waals surface area contributed by atoms with Crippen LogP contribution in [-0.4, -0.2) is 38.1 Å². The summed E-state index contributed by atoms with van der Waals surface area (Å²) < 4.78 is 14.0. The Kier molecular flexibility index (Phi) is 3.38. The molecule has 3 heteroatoms. The highest BCUT2D eigenvalue weighted by atomic mass is 19.1. The van der Waals surface area contributed by atoms with Crippen molar-refractivity contribution in [3.8, 4) is 0 Å². The molecule has 0 radical (unpaired) electrons. The monoisotopic (exact) mass is 236 g/mol. The number of halogens is 1. The normalized spacial score (nSPS) is 20.4. The van der Waals surface area contributed by atoms with Crippen molar-refractivity contribution < 1.29 is 4.39 Å². The second-order valence-corrected chi connectivity index (χ2v) is 5.26. The molecule has 1 aromatic carbocycles. The topological polar surface area (TPSA) is 6.48 Å². The van der Waals surface area contributed by atoms with Crippen molar-refractivity contribution in [2.24, 2.45) is 0 Å². The molecule has 1 unspecified atom stereocenters. The largest absolute Gasteiger partial charge is 0.367 e. The fourth-order valence-electron chi connectivity index (χ4n) is 2.68. The van der Waals surface area contributed by atoms with E-state index in [4.69, 9.17) is 0 Å². The first-order valence-electron chi connectivity index (χ1n) is 6.17. The van der Waals surface area contributed by atoms with E-state index in [1.807, 2.05) is 13.8 Å². The number of nitrogens with zero attached hydrogens (tertiary/aromatic N) is 2. The van der Waals surface area contributed by atoms with Crippen LogP contribution in [0.1, 0.15) is 17.5 Å². The van der Waals surface area contributed by atoms with Gasteiger partial charge in [-0.1, -0.05) is 6.07 Å². The first kappa shape index (κ1) is 12.4. The summed E-state index contributed by atoms with van der Waals surface area (Å²) in [5, 5.41) is 0. The van der Waals surface area contributed by atoms with Gasteiger partial charge in [0.25, 0.3) is 0 Å². The van der Waals surface area contributed by atoms with Gasteiger partial charge in [0.2, 0.25) is 0 Å². The molecule has 1 heterocycles. The van der Waals surface area contributed by atoms with E-state index in [0.29, 0.717) is 6.04 Å². The quantitative estimate of drug-likeness (QED) is 0.778. The predicted molar refractivity (Wildman–Crippen MR) is 70.2 cm³/mol. The van der Waals surface area contributed by atoms with Crippen molar-refractivity contribution >= 4 is 5.69 Å². The summed E-state index contributed by atoms with van der Waals surface area (Å²) in [5.41, 5.74) is 2.83. The summed E-state index contributed by atoms with van der Waals surface area (Å²) in [7, 11) is 4.18. The summed E-state index contributed by atoms with van der Waals surface area (Å²) in [6, 6.07) is 4.22. The number of hydrogen-bond donors (Lipinski definition) is 0. The molecule has 17 heavy (non-hydrogen) atoms. The number of aryl methyl sites for hydroxylation is 2. The number of likely N-dealkylation sites (N-methyl/N-ethyl adjacent to an activating group) is 1. The van der Waals surface area contributed by atoms with Crippen molar-refractivity contribution in [2.45, 2.75) is 26.3 Å². The zero-order valence-electron chi connectivity index (χ0n) is 11.1. The molecule has 1 aromatic rings. The summed E-state index contributed by atoms with van der Waals surface area (Å²) in [4.78, 5) is 4.40. The number of hydrogen-bond acceptors (Lipinski definition) is 2. The zero-order chi connectivity index (χ0) is 12.6. The molecular weight excluding hydrogens is 215 g/mol. The predicted octanol–water partition coefficient (Wildman–Crippen LogP) is 2.58. The third-order valence-electron chi connectivity index (χ3n) is 3.61. The molecule has 0 spiro atoms. The van der Waals surface area contributed by atoms with E-state index >= 15 is 0 Å². The Hall–Kier alpha value is -1.09. The number of rotatable bonds is 2. The summed E-state index contributed by atoms with van der Waals surface area (Å²) in [6.07, 6.45) is 1.11. The lowest BCUT2D eigenvalue weighted by Gasteiger charge is -2.24. The minimum atomic E-state index is -0.0816. The van der Waals surface area contributed by atoms with Gasteiger partial charge < -0.3 is 9.80 Å². The standard InChI is InChI=1S/C14H21FN2/c1-10-7-11(2)14(13(15)8-10)17-6-5-12(9-17)16(3)4/h7-8,12H,5-6,9H2,1-4H3. The van der Waals surface area contributed by atoms with Gasteiger partial charge in [-0.2, -0.15) is 0 Å². The second kappa shape index (κ2) is 4.65. The lowest BCUT2D eigenvalue weighted by atomic mass is 10.1. The Labute approximate surface area is 103 Å². The molecule has 0 saturated carbocycles. The van der Waals surface area contributed by atoms with Crippen LogP contribution in [0.5, 0.6) is 0 Å². The maximum atomic E-state index is 14.0. The van der Waals surface area contributed by atoms with Crippen molar-refractivity contribution in [3.05, 3.63) is 29.1 Å². The Morgan fingerprint density at radius 3 is 2.53 bits per heavy atom. The Morgan fingerprint density at radius 2 is 2.00 bits per heavy atom. The Bertz CT molecular complexity index is 392. The third-order valence-corrected chi connectivity index (χ3v) is 3.61. The average molecular weight is 236 g/mol. The highest BCUT2D eigenvalue weighted by Gasteiger charge is 2.26. The van der Waals surface area contributed by atoms with E-state index in [9.17, 15) is 4.39 Å². The number of anilines is 1. The van der Waals surface area contributed by atoms with E-state index in [0.717, 1.165) is 36.3 Å². The summed E-state index contributed by atoms with van der Waals surface area (Å²) >= 11 is 0. The van der Waals surface area contributed by atoms with Crippen LogP contribution in [0.4, 0.5) is 10.1 Å². The molecule has 2 rings (SSSR count). The van der Waals surface area contributed by atoms with Gasteiger partial charge in [0.15, 0.2) is 0 Å². The molecule has 0 N–H and O–H groups in total. The van der Waals surface area contributed by atoms with Crippen LogP contribution < -0.4 is 4.90 Å². The highest BCUT2D eigenvalue weighted by Crippen LogP contribution is 2.29. The molecular formula is C14H21FN2. The van der Waals surface area contributed by atoms with Crippen LogP contribution in [0.15, 0.2) is 12.1 Å². The molecule has 0 aromatic heterocycles. The minimum Gasteiger partial charge on any atom is -0.367 e. The SMILES string of the molecule is Cc1cc(C)c(N2CCC(N(C)C)C2)c(F)c1. The van der Waals surface area contributed by atoms with Crippen molar-refractivity contribution in [1.29, 1.82) is 0 Å². The molecule has 94 valence electrons. The van der Waals surface area contributed by atoms with Crippen LogP contribution in [-0.2, 0) is 0 Å². The van der Waals surface area contributed by atoms with Crippen LogP contribution >= 0.6 is 0 Å². The lowest BCUT2D eigenvalue weighted by Crippen LogP contribution is -2.32. The molecule has 2 nitrogen and oxygen atoms in total. The summed E-state index contributed by atoms with van der Waals surface area (Å²) in [6.45, 7) is 5.80. The molecule has 0 aliphatic carbocycles. The maximum absolute atomic E-state index is 14.0. The first-order chi connectivity index (χ1) is 7.99. The van der Waals surface area contributed by atoms with Gasteiger partial charge in [-0.25, -0.2) is 4.39 Å². The smallest absolute Gasteiger partial charge is 0.147 e. The third kappa shape index (κ3) is 2.44. The van der Waals surface area contributed by atoms with Crippen LogP contribution in [0, 0.1) is 19.7 Å². The number of benzene rings is 1. The van der Waals surface area contributed by atoms with Gasteiger partial charge in [-0.05, 0) is 51.6 Å². The minimum absolute atomic E-state index is 0.0816. The van der Waals surface area contributed by atoms with E-state index in [1.54, 1.807) is 6.07 Å². The molecule has 1 atom stereocenters. The Morgan fingerprint density at radius 1 is 1.29 bits per heavy atom. The van der Waals surface area contributed by atoms with E-state index in [2.05, 4.69) is 30.0 Å². The molecule has 1 saturated heterocycles. The van der Waals surface area contributed by atoms with Gasteiger partial charge in [-0.15, -0.1) is 0 Å². The van der Waals surface area contributed by atoms with Crippen molar-refractivity contribution in [2.75, 3.05) is 32.1 Å². The molecule has 1 aliphatic rings. The van der Waals surface area contributed by atoms with Crippen molar-refractivity contribution in [3.63, 3.8) is 0 Å². The van der Waals surface area contributed by atoms with E-state index < -0.39 is 0 Å². The van der Waals surface area contributed by atoms with Gasteiger partial charge in [0, 0.05) is 19.1 Å².